The maximum Gasteiger partial charge on any atom is 0.248 e. The molecule has 0 radical (unpaired) electrons. The smallest absolute Gasteiger partial charge is 0.248 e. The fourth-order valence-corrected chi connectivity index (χ4v) is 2.60. The highest BCUT2D eigenvalue weighted by molar-refractivity contribution is 7.89. The molecule has 9 heteroatoms. The predicted octanol–water partition coefficient (Wildman–Crippen LogP) is -1.24. The summed E-state index contributed by atoms with van der Waals surface area (Å²) in [6, 6.07) is 0. The molecule has 3 N–H and O–H groups in total. The fraction of sp³-hybridized carbons (Fsp3) is 0.556. The van der Waals surface area contributed by atoms with Gasteiger partial charge in [-0.25, -0.2) is 8.42 Å². The summed E-state index contributed by atoms with van der Waals surface area (Å²) in [5.74, 6) is -0.453. The van der Waals surface area contributed by atoms with E-state index in [1.165, 1.54) is 17.9 Å². The molecular weight excluding hydrogens is 258 g/mol. The van der Waals surface area contributed by atoms with Gasteiger partial charge in [0, 0.05) is 26.8 Å². The first-order chi connectivity index (χ1) is 8.28. The lowest BCUT2D eigenvalue weighted by Gasteiger charge is -2.15. The number of nitrogen functional groups attached to an aromatic ring is 1. The Morgan fingerprint density at radius 2 is 2.22 bits per heavy atom. The van der Waals surface area contributed by atoms with E-state index in [2.05, 4.69) is 10.4 Å². The topological polar surface area (TPSA) is 110 Å². The van der Waals surface area contributed by atoms with Crippen molar-refractivity contribution < 1.29 is 13.2 Å². The summed E-state index contributed by atoms with van der Waals surface area (Å²) in [7, 11) is -0.913. The third-order valence-corrected chi connectivity index (χ3v) is 4.07. The lowest BCUT2D eigenvalue weighted by molar-refractivity contribution is -0.121. The summed E-state index contributed by atoms with van der Waals surface area (Å²) in [5.41, 5.74) is 5.52. The average molecular weight is 275 g/mol. The summed E-state index contributed by atoms with van der Waals surface area (Å²) in [6.07, 6.45) is 1.30. The highest BCUT2D eigenvalue weighted by Crippen LogP contribution is 2.19. The Kier molecular flexibility index (Phi) is 4.30. The first-order valence-electron chi connectivity index (χ1n) is 5.31. The van der Waals surface area contributed by atoms with Crippen LogP contribution in [0.3, 0.4) is 0 Å². The molecule has 0 aromatic carbocycles. The van der Waals surface area contributed by atoms with E-state index in [0.29, 0.717) is 6.54 Å². The number of rotatable bonds is 5. The van der Waals surface area contributed by atoms with Crippen LogP contribution in [-0.2, 0) is 21.9 Å². The van der Waals surface area contributed by atoms with Crippen LogP contribution in [-0.4, -0.2) is 48.5 Å². The molecule has 0 aliphatic heterocycles. The number of nitrogens with zero attached hydrogens (tertiary/aromatic N) is 3. The minimum atomic E-state index is -3.80. The van der Waals surface area contributed by atoms with Gasteiger partial charge >= 0.3 is 0 Å². The molecule has 102 valence electrons. The van der Waals surface area contributed by atoms with Crippen LogP contribution in [0.4, 0.5) is 5.82 Å². The van der Waals surface area contributed by atoms with Gasteiger partial charge in [-0.05, 0) is 6.92 Å². The molecule has 1 aromatic heterocycles. The summed E-state index contributed by atoms with van der Waals surface area (Å²) < 4.78 is 26.5. The molecule has 1 heterocycles. The Labute approximate surface area is 106 Å². The molecule has 0 bridgehead atoms. The zero-order chi connectivity index (χ0) is 13.9. The van der Waals surface area contributed by atoms with Gasteiger partial charge in [-0.2, -0.15) is 9.40 Å². The van der Waals surface area contributed by atoms with E-state index in [4.69, 9.17) is 5.73 Å². The van der Waals surface area contributed by atoms with Crippen LogP contribution in [0.1, 0.15) is 6.92 Å². The summed E-state index contributed by atoms with van der Waals surface area (Å²) >= 11 is 0. The van der Waals surface area contributed by atoms with E-state index in [0.717, 1.165) is 4.31 Å². The van der Waals surface area contributed by atoms with Crippen LogP contribution in [0, 0.1) is 0 Å². The highest BCUT2D eigenvalue weighted by atomic mass is 32.2. The molecule has 0 saturated carbocycles. The third-order valence-electron chi connectivity index (χ3n) is 2.25. The van der Waals surface area contributed by atoms with Crippen LogP contribution >= 0.6 is 0 Å². The van der Waals surface area contributed by atoms with E-state index in [9.17, 15) is 13.2 Å². The molecule has 0 unspecified atom stereocenters. The van der Waals surface area contributed by atoms with E-state index in [1.54, 1.807) is 14.0 Å². The van der Waals surface area contributed by atoms with Crippen molar-refractivity contribution in [1.82, 2.24) is 19.4 Å². The quantitative estimate of drug-likeness (QED) is 0.698. The van der Waals surface area contributed by atoms with Crippen molar-refractivity contribution >= 4 is 21.7 Å². The van der Waals surface area contributed by atoms with Crippen molar-refractivity contribution in [2.45, 2.75) is 11.8 Å². The predicted molar refractivity (Wildman–Crippen MR) is 66.1 cm³/mol. The number of likely N-dealkylation sites (N-methyl/N-ethyl adjacent to an activating group) is 2. The van der Waals surface area contributed by atoms with Gasteiger partial charge in [0.05, 0.1) is 6.54 Å². The summed E-state index contributed by atoms with van der Waals surface area (Å²) in [4.78, 5) is 11.3. The molecule has 0 spiro atoms. The van der Waals surface area contributed by atoms with Crippen LogP contribution in [0.15, 0.2) is 11.1 Å². The Morgan fingerprint density at radius 3 is 2.67 bits per heavy atom. The Hall–Kier alpha value is -1.61. The molecule has 0 aliphatic carbocycles. The molecule has 0 atom stereocenters. The molecule has 0 aliphatic rings. The second-order valence-electron chi connectivity index (χ2n) is 3.77. The number of carbonyl (C=O) groups is 1. The number of nitrogens with two attached hydrogens (primary N) is 1. The van der Waals surface area contributed by atoms with Crippen LogP contribution in [0.5, 0.6) is 0 Å². The number of anilines is 1. The second kappa shape index (κ2) is 5.36. The largest absolute Gasteiger partial charge is 0.381 e. The van der Waals surface area contributed by atoms with Crippen LogP contribution in [0.2, 0.25) is 0 Å². The maximum atomic E-state index is 12.1. The normalized spacial score (nSPS) is 11.8. The average Bonchev–Trinajstić information content (AvgIpc) is 2.58. The van der Waals surface area contributed by atoms with Crippen molar-refractivity contribution in [2.75, 3.05) is 25.9 Å². The van der Waals surface area contributed by atoms with Gasteiger partial charge in [0.2, 0.25) is 15.9 Å². The number of nitrogens with one attached hydrogen (secondary N) is 1. The van der Waals surface area contributed by atoms with Crippen LogP contribution < -0.4 is 11.1 Å². The molecule has 8 nitrogen and oxygen atoms in total. The minimum absolute atomic E-state index is 0.0831. The lowest BCUT2D eigenvalue weighted by Crippen LogP contribution is -2.38. The fourth-order valence-electron chi connectivity index (χ4n) is 1.39. The SMILES string of the molecule is CCNC(=O)CN(C)S(=O)(=O)c1cn(C)nc1N. The first-order valence-corrected chi connectivity index (χ1v) is 6.75. The number of sulfonamides is 1. The maximum absolute atomic E-state index is 12.1. The van der Waals surface area contributed by atoms with Crippen molar-refractivity contribution in [2.24, 2.45) is 7.05 Å². The first kappa shape index (κ1) is 14.5. The zero-order valence-corrected chi connectivity index (χ0v) is 11.4. The van der Waals surface area contributed by atoms with Gasteiger partial charge in [-0.1, -0.05) is 0 Å². The van der Waals surface area contributed by atoms with E-state index in [-0.39, 0.29) is 23.2 Å². The van der Waals surface area contributed by atoms with Gasteiger partial charge in [-0.15, -0.1) is 0 Å². The number of hydrogen-bond acceptors (Lipinski definition) is 5. The van der Waals surface area contributed by atoms with Gasteiger partial charge < -0.3 is 11.1 Å². The van der Waals surface area contributed by atoms with Crippen molar-refractivity contribution in [3.63, 3.8) is 0 Å². The number of carbonyl (C=O) groups excluding carboxylic acids is 1. The molecule has 0 fully saturated rings. The highest BCUT2D eigenvalue weighted by Gasteiger charge is 2.27. The minimum Gasteiger partial charge on any atom is -0.381 e. The molecular formula is C9H17N5O3S. The summed E-state index contributed by atoms with van der Waals surface area (Å²) in [6.45, 7) is 1.94. The second-order valence-corrected chi connectivity index (χ2v) is 5.78. The van der Waals surface area contributed by atoms with Gasteiger partial charge in [0.25, 0.3) is 0 Å². The zero-order valence-electron chi connectivity index (χ0n) is 10.5. The monoisotopic (exact) mass is 275 g/mol. The van der Waals surface area contributed by atoms with Crippen LogP contribution in [0.25, 0.3) is 0 Å². The number of aryl methyl sites for hydroxylation is 1. The van der Waals surface area contributed by atoms with Gasteiger partial charge in [0.15, 0.2) is 5.82 Å². The van der Waals surface area contributed by atoms with E-state index < -0.39 is 10.0 Å². The van der Waals surface area contributed by atoms with Gasteiger partial charge in [-0.3, -0.25) is 9.48 Å². The standard InChI is InChI=1S/C9H17N5O3S/c1-4-11-8(15)6-14(3)18(16,17)7-5-13(2)12-9(7)10/h5H,4,6H2,1-3H3,(H2,10,12)(H,11,15). The Balaban J connectivity index is 2.93. The number of amides is 1. The molecule has 1 rings (SSSR count). The Morgan fingerprint density at radius 1 is 1.61 bits per heavy atom. The van der Waals surface area contributed by atoms with Crippen molar-refractivity contribution in [3.8, 4) is 0 Å². The van der Waals surface area contributed by atoms with E-state index in [1.807, 2.05) is 0 Å². The summed E-state index contributed by atoms with van der Waals surface area (Å²) in [5, 5.41) is 6.29. The number of aromatic nitrogens is 2. The number of hydrogen-bond donors (Lipinski definition) is 2. The molecule has 18 heavy (non-hydrogen) atoms. The molecule has 1 amide bonds. The van der Waals surface area contributed by atoms with Crippen molar-refractivity contribution in [3.05, 3.63) is 6.20 Å². The molecule has 1 aromatic rings. The van der Waals surface area contributed by atoms with Crippen molar-refractivity contribution in [1.29, 1.82) is 0 Å². The Bertz CT molecular complexity index is 536. The van der Waals surface area contributed by atoms with Gasteiger partial charge in [0.1, 0.15) is 4.90 Å². The lowest BCUT2D eigenvalue weighted by atomic mass is 10.5. The molecule has 0 saturated heterocycles. The third kappa shape index (κ3) is 2.99. The van der Waals surface area contributed by atoms with E-state index >= 15 is 0 Å².